The first kappa shape index (κ1) is 18.0. The van der Waals surface area contributed by atoms with Crippen LogP contribution in [0, 0.1) is 0 Å². The van der Waals surface area contributed by atoms with Gasteiger partial charge >= 0.3 is 119 Å². The van der Waals surface area contributed by atoms with E-state index in [0.717, 1.165) is 13.3 Å². The summed E-state index contributed by atoms with van der Waals surface area (Å²) in [5.41, 5.74) is 3.61. The van der Waals surface area contributed by atoms with E-state index in [0.29, 0.717) is 0 Å². The standard InChI is InChI=1S/C4H9O.3C4H7.Sn/c1-4(2,3)5;3*1-4(2)3;/h1-3H3;3*1-2H2,3H3;/q-1;;;;+1. The first-order valence-electron chi connectivity index (χ1n) is 6.59. The van der Waals surface area contributed by atoms with Crippen molar-refractivity contribution in [2.75, 3.05) is 0 Å². The van der Waals surface area contributed by atoms with Gasteiger partial charge in [-0.2, -0.15) is 0 Å². The van der Waals surface area contributed by atoms with Gasteiger partial charge in [-0.05, 0) is 0 Å². The van der Waals surface area contributed by atoms with Gasteiger partial charge in [0, 0.05) is 0 Å². The van der Waals surface area contributed by atoms with Gasteiger partial charge in [0.05, 0.1) is 0 Å². The van der Waals surface area contributed by atoms with E-state index < -0.39 is 18.8 Å². The summed E-state index contributed by atoms with van der Waals surface area (Å²) in [5, 5.41) is 0. The molecule has 0 atom stereocenters. The summed E-state index contributed by atoms with van der Waals surface area (Å²) in [7, 11) is 0. The summed E-state index contributed by atoms with van der Waals surface area (Å²) in [6, 6.07) is 0. The zero-order valence-corrected chi connectivity index (χ0v) is 16.0. The van der Waals surface area contributed by atoms with Crippen LogP contribution >= 0.6 is 0 Å². The van der Waals surface area contributed by atoms with Gasteiger partial charge in [0.15, 0.2) is 0 Å². The maximum absolute atomic E-state index is 6.59. The first-order chi connectivity index (χ1) is 7.96. The Morgan fingerprint density at radius 1 is 0.833 bits per heavy atom. The molecule has 0 saturated carbocycles. The van der Waals surface area contributed by atoms with Crippen molar-refractivity contribution >= 4 is 18.8 Å². The Kier molecular flexibility index (Phi) is 6.94. The molecular formula is C16H30OSn. The van der Waals surface area contributed by atoms with Crippen LogP contribution in [0.2, 0.25) is 13.3 Å². The van der Waals surface area contributed by atoms with E-state index in [-0.39, 0.29) is 5.60 Å². The van der Waals surface area contributed by atoms with E-state index in [4.69, 9.17) is 3.07 Å². The molecule has 0 N–H and O–H groups in total. The monoisotopic (exact) mass is 358 g/mol. The van der Waals surface area contributed by atoms with Gasteiger partial charge in [-0.15, -0.1) is 0 Å². The fraction of sp³-hybridized carbons (Fsp3) is 0.625. The molecule has 0 heterocycles. The third-order valence-corrected chi connectivity index (χ3v) is 16.1. The zero-order chi connectivity index (χ0) is 14.6. The quantitative estimate of drug-likeness (QED) is 0.433. The summed E-state index contributed by atoms with van der Waals surface area (Å²) in [6.45, 7) is 25.1. The minimum atomic E-state index is -2.77. The molecule has 0 spiro atoms. The van der Waals surface area contributed by atoms with Crippen LogP contribution in [0.1, 0.15) is 41.5 Å². The summed E-state index contributed by atoms with van der Waals surface area (Å²) in [4.78, 5) is 0. The van der Waals surface area contributed by atoms with Crippen molar-refractivity contribution in [1.29, 1.82) is 0 Å². The van der Waals surface area contributed by atoms with Gasteiger partial charge in [-0.25, -0.2) is 0 Å². The van der Waals surface area contributed by atoms with Crippen molar-refractivity contribution in [3.05, 3.63) is 36.5 Å². The molecule has 0 saturated heterocycles. The number of hydrogen-bond donors (Lipinski definition) is 0. The van der Waals surface area contributed by atoms with Crippen LogP contribution in [-0.2, 0) is 3.07 Å². The molecule has 0 aromatic rings. The van der Waals surface area contributed by atoms with Crippen LogP contribution in [0.3, 0.4) is 0 Å². The minimum absolute atomic E-state index is 0.0869. The molecule has 1 nitrogen and oxygen atoms in total. The van der Waals surface area contributed by atoms with Crippen LogP contribution in [0.25, 0.3) is 0 Å². The zero-order valence-electron chi connectivity index (χ0n) is 13.2. The molecule has 0 aliphatic carbocycles. The van der Waals surface area contributed by atoms with Crippen LogP contribution in [0.4, 0.5) is 0 Å². The van der Waals surface area contributed by atoms with E-state index in [1.54, 1.807) is 0 Å². The second-order valence-electron chi connectivity index (χ2n) is 6.80. The van der Waals surface area contributed by atoms with Crippen molar-refractivity contribution in [3.8, 4) is 0 Å². The average molecular weight is 357 g/mol. The number of hydrogen-bond acceptors (Lipinski definition) is 1. The molecule has 0 unspecified atom stereocenters. The second kappa shape index (κ2) is 6.95. The van der Waals surface area contributed by atoms with Crippen molar-refractivity contribution in [1.82, 2.24) is 0 Å². The molecule has 0 amide bonds. The van der Waals surface area contributed by atoms with Gasteiger partial charge in [-0.3, -0.25) is 0 Å². The van der Waals surface area contributed by atoms with E-state index in [9.17, 15) is 0 Å². The topological polar surface area (TPSA) is 9.23 Å². The summed E-state index contributed by atoms with van der Waals surface area (Å²) < 4.78 is 9.77. The third kappa shape index (κ3) is 8.15. The molecule has 0 radical (unpaired) electrons. The Bertz CT molecular complexity index is 293. The predicted molar refractivity (Wildman–Crippen MR) is 85.5 cm³/mol. The predicted octanol–water partition coefficient (Wildman–Crippen LogP) is 5.48. The van der Waals surface area contributed by atoms with Crippen molar-refractivity contribution in [2.45, 2.75) is 60.5 Å². The molecule has 18 heavy (non-hydrogen) atoms. The molecule has 0 aliphatic rings. The van der Waals surface area contributed by atoms with Gasteiger partial charge in [0.1, 0.15) is 0 Å². The van der Waals surface area contributed by atoms with E-state index >= 15 is 0 Å². The molecule has 0 aliphatic heterocycles. The molecule has 0 rings (SSSR count). The fourth-order valence-electron chi connectivity index (χ4n) is 2.60. The van der Waals surface area contributed by atoms with Gasteiger partial charge < -0.3 is 0 Å². The van der Waals surface area contributed by atoms with Crippen molar-refractivity contribution in [2.24, 2.45) is 0 Å². The van der Waals surface area contributed by atoms with Crippen LogP contribution in [-0.4, -0.2) is 24.4 Å². The normalized spacial score (nSPS) is 12.3. The molecule has 2 heteroatoms. The summed E-state index contributed by atoms with van der Waals surface area (Å²) >= 11 is -2.77. The summed E-state index contributed by atoms with van der Waals surface area (Å²) in [6.07, 6.45) is 0. The van der Waals surface area contributed by atoms with Crippen LogP contribution in [0.5, 0.6) is 0 Å². The van der Waals surface area contributed by atoms with Crippen molar-refractivity contribution in [3.63, 3.8) is 0 Å². The molecule has 0 aromatic heterocycles. The maximum atomic E-state index is 6.59. The van der Waals surface area contributed by atoms with E-state index in [2.05, 4.69) is 61.3 Å². The molecule has 0 fully saturated rings. The van der Waals surface area contributed by atoms with Gasteiger partial charge in [0.25, 0.3) is 0 Å². The SMILES string of the molecule is C=C(C)[CH2][Sn]([CH2]C(=C)C)([CH2]C(=C)C)[O]C(C)(C)C. The van der Waals surface area contributed by atoms with Crippen LogP contribution in [0.15, 0.2) is 36.5 Å². The summed E-state index contributed by atoms with van der Waals surface area (Å²) in [5.74, 6) is 0. The number of allylic oxidation sites excluding steroid dienone is 3. The second-order valence-corrected chi connectivity index (χ2v) is 17.2. The van der Waals surface area contributed by atoms with Crippen molar-refractivity contribution < 1.29 is 3.07 Å². The van der Waals surface area contributed by atoms with Gasteiger partial charge in [0.2, 0.25) is 0 Å². The Morgan fingerprint density at radius 3 is 1.28 bits per heavy atom. The molecule has 0 aromatic carbocycles. The average Bonchev–Trinajstić information content (AvgIpc) is 1.92. The Labute approximate surface area is 118 Å². The Morgan fingerprint density at radius 2 is 1.11 bits per heavy atom. The van der Waals surface area contributed by atoms with E-state index in [1.807, 2.05) is 0 Å². The molecule has 104 valence electrons. The molecular weight excluding hydrogens is 327 g/mol. The molecule has 0 bridgehead atoms. The third-order valence-electron chi connectivity index (χ3n) is 2.39. The van der Waals surface area contributed by atoms with Gasteiger partial charge in [-0.1, -0.05) is 0 Å². The fourth-order valence-corrected chi connectivity index (χ4v) is 17.4. The Balaban J connectivity index is 5.29. The first-order valence-corrected chi connectivity index (χ1v) is 13.8. The number of rotatable bonds is 7. The Hall–Kier alpha value is -0.0213. The van der Waals surface area contributed by atoms with Crippen LogP contribution < -0.4 is 0 Å². The van der Waals surface area contributed by atoms with E-state index in [1.165, 1.54) is 16.7 Å².